The molecule has 0 atom stereocenters. The van der Waals surface area contributed by atoms with Crippen molar-refractivity contribution in [2.75, 3.05) is 39.9 Å². The Hall–Kier alpha value is -3.16. The van der Waals surface area contributed by atoms with E-state index >= 15 is 0 Å². The van der Waals surface area contributed by atoms with Crippen molar-refractivity contribution in [1.82, 2.24) is 19.8 Å². The summed E-state index contributed by atoms with van der Waals surface area (Å²) >= 11 is 0. The lowest BCUT2D eigenvalue weighted by Crippen LogP contribution is -2.50. The number of amides is 2. The first-order chi connectivity index (χ1) is 13.7. The number of carbonyl (C=O) groups is 2. The molecule has 28 heavy (non-hydrogen) atoms. The van der Waals surface area contributed by atoms with E-state index < -0.39 is 0 Å². The molecule has 0 bridgehead atoms. The summed E-state index contributed by atoms with van der Waals surface area (Å²) in [6.07, 6.45) is 5.56. The zero-order valence-corrected chi connectivity index (χ0v) is 15.9. The number of carbonyl (C=O) groups excluding carboxylic acids is 2. The van der Waals surface area contributed by atoms with E-state index in [4.69, 9.17) is 9.47 Å². The van der Waals surface area contributed by atoms with Gasteiger partial charge >= 0.3 is 0 Å². The molecule has 0 unspecified atom stereocenters. The second-order valence-corrected chi connectivity index (χ2v) is 6.39. The van der Waals surface area contributed by atoms with Crippen molar-refractivity contribution >= 4 is 11.8 Å². The summed E-state index contributed by atoms with van der Waals surface area (Å²) < 4.78 is 10.8. The summed E-state index contributed by atoms with van der Waals surface area (Å²) in [6, 6.07) is 7.35. The van der Waals surface area contributed by atoms with Gasteiger partial charge in [-0.1, -0.05) is 0 Å². The van der Waals surface area contributed by atoms with E-state index in [1.165, 1.54) is 18.6 Å². The first-order valence-corrected chi connectivity index (χ1v) is 9.27. The Bertz CT molecular complexity index is 775. The number of aromatic nitrogens is 2. The van der Waals surface area contributed by atoms with Crippen molar-refractivity contribution in [1.29, 1.82) is 0 Å². The van der Waals surface area contributed by atoms with Gasteiger partial charge in [-0.15, -0.1) is 0 Å². The molecule has 1 aliphatic rings. The molecule has 1 aromatic heterocycles. The van der Waals surface area contributed by atoms with Crippen LogP contribution in [0.25, 0.3) is 0 Å². The zero-order chi connectivity index (χ0) is 19.8. The number of piperazine rings is 1. The van der Waals surface area contributed by atoms with Crippen LogP contribution < -0.4 is 9.47 Å². The van der Waals surface area contributed by atoms with E-state index in [1.54, 1.807) is 16.9 Å². The third-order valence-electron chi connectivity index (χ3n) is 4.57. The molecule has 0 N–H and O–H groups in total. The molecule has 3 rings (SSSR count). The van der Waals surface area contributed by atoms with Gasteiger partial charge in [0, 0.05) is 45.0 Å². The topological polar surface area (TPSA) is 84.9 Å². The van der Waals surface area contributed by atoms with Crippen LogP contribution >= 0.6 is 0 Å². The van der Waals surface area contributed by atoms with E-state index in [9.17, 15) is 9.59 Å². The van der Waals surface area contributed by atoms with Gasteiger partial charge in [0.25, 0.3) is 5.91 Å². The summed E-state index contributed by atoms with van der Waals surface area (Å²) in [5, 5.41) is 0. The number of hydrogen-bond donors (Lipinski definition) is 0. The predicted octanol–water partition coefficient (Wildman–Crippen LogP) is 1.63. The molecule has 2 amide bonds. The Morgan fingerprint density at radius 3 is 2.32 bits per heavy atom. The smallest absolute Gasteiger partial charge is 0.274 e. The standard InChI is InChI=1S/C20H24N4O4/c1-27-16-4-6-17(7-5-16)28-14-2-3-19(25)23-10-12-24(13-11-23)20(26)18-15-21-8-9-22-18/h4-9,15H,2-3,10-14H2,1H3. The van der Waals surface area contributed by atoms with Gasteiger partial charge in [0.05, 0.1) is 19.9 Å². The molecule has 1 saturated heterocycles. The number of nitrogens with zero attached hydrogens (tertiary/aromatic N) is 4. The van der Waals surface area contributed by atoms with Crippen LogP contribution in [0, 0.1) is 0 Å². The van der Waals surface area contributed by atoms with Crippen molar-refractivity contribution in [3.63, 3.8) is 0 Å². The average molecular weight is 384 g/mol. The monoisotopic (exact) mass is 384 g/mol. The van der Waals surface area contributed by atoms with Crippen LogP contribution in [0.2, 0.25) is 0 Å². The minimum absolute atomic E-state index is 0.0879. The number of benzene rings is 1. The number of hydrogen-bond acceptors (Lipinski definition) is 6. The molecule has 2 heterocycles. The van der Waals surface area contributed by atoms with Crippen LogP contribution in [0.1, 0.15) is 23.3 Å². The average Bonchev–Trinajstić information content (AvgIpc) is 2.77. The molecule has 1 fully saturated rings. The Kier molecular flexibility index (Phi) is 6.78. The summed E-state index contributed by atoms with van der Waals surface area (Å²) in [7, 11) is 1.62. The quantitative estimate of drug-likeness (QED) is 0.675. The van der Waals surface area contributed by atoms with E-state index in [2.05, 4.69) is 9.97 Å². The fraction of sp³-hybridized carbons (Fsp3) is 0.400. The first-order valence-electron chi connectivity index (χ1n) is 9.27. The SMILES string of the molecule is COc1ccc(OCCCC(=O)N2CCN(C(=O)c3cnccn3)CC2)cc1. The minimum Gasteiger partial charge on any atom is -0.497 e. The molecule has 0 aliphatic carbocycles. The molecule has 8 heteroatoms. The van der Waals surface area contributed by atoms with E-state index in [1.807, 2.05) is 24.3 Å². The molecular formula is C20H24N4O4. The predicted molar refractivity (Wildman–Crippen MR) is 102 cm³/mol. The lowest BCUT2D eigenvalue weighted by molar-refractivity contribution is -0.132. The number of ether oxygens (including phenoxy) is 2. The molecule has 0 radical (unpaired) electrons. The maximum absolute atomic E-state index is 12.4. The van der Waals surface area contributed by atoms with Crippen molar-refractivity contribution in [3.05, 3.63) is 48.5 Å². The van der Waals surface area contributed by atoms with E-state index in [-0.39, 0.29) is 11.8 Å². The highest BCUT2D eigenvalue weighted by Crippen LogP contribution is 2.17. The van der Waals surface area contributed by atoms with Gasteiger partial charge in [-0.2, -0.15) is 0 Å². The third kappa shape index (κ3) is 5.18. The molecule has 0 saturated carbocycles. The Labute approximate surface area is 164 Å². The summed E-state index contributed by atoms with van der Waals surface area (Å²) in [5.41, 5.74) is 0.331. The van der Waals surface area contributed by atoms with Crippen LogP contribution in [0.4, 0.5) is 0 Å². The van der Waals surface area contributed by atoms with Crippen molar-refractivity contribution in [3.8, 4) is 11.5 Å². The second kappa shape index (κ2) is 9.68. The van der Waals surface area contributed by atoms with Gasteiger partial charge < -0.3 is 19.3 Å². The van der Waals surface area contributed by atoms with Crippen LogP contribution in [0.15, 0.2) is 42.9 Å². The Balaban J connectivity index is 1.36. The molecule has 1 aromatic carbocycles. The summed E-state index contributed by atoms with van der Waals surface area (Å²) in [4.78, 5) is 36.2. The van der Waals surface area contributed by atoms with Gasteiger partial charge in [0.1, 0.15) is 17.2 Å². The number of rotatable bonds is 7. The maximum Gasteiger partial charge on any atom is 0.274 e. The van der Waals surface area contributed by atoms with Crippen molar-refractivity contribution in [2.24, 2.45) is 0 Å². The highest BCUT2D eigenvalue weighted by Gasteiger charge is 2.25. The second-order valence-electron chi connectivity index (χ2n) is 6.39. The lowest BCUT2D eigenvalue weighted by atomic mass is 10.2. The Morgan fingerprint density at radius 1 is 1.00 bits per heavy atom. The molecule has 8 nitrogen and oxygen atoms in total. The van der Waals surface area contributed by atoms with Crippen LogP contribution in [0.3, 0.4) is 0 Å². The third-order valence-corrected chi connectivity index (χ3v) is 4.57. The van der Waals surface area contributed by atoms with Gasteiger partial charge in [0.15, 0.2) is 0 Å². The molecule has 2 aromatic rings. The minimum atomic E-state index is -0.145. The van der Waals surface area contributed by atoms with Gasteiger partial charge in [-0.25, -0.2) is 4.98 Å². The summed E-state index contributed by atoms with van der Waals surface area (Å²) in [6.45, 7) is 2.55. The first kappa shape index (κ1) is 19.6. The molecule has 0 spiro atoms. The molecule has 1 aliphatic heterocycles. The zero-order valence-electron chi connectivity index (χ0n) is 15.9. The Morgan fingerprint density at radius 2 is 1.68 bits per heavy atom. The molecular weight excluding hydrogens is 360 g/mol. The van der Waals surface area contributed by atoms with Crippen molar-refractivity contribution in [2.45, 2.75) is 12.8 Å². The fourth-order valence-electron chi connectivity index (χ4n) is 2.97. The van der Waals surface area contributed by atoms with Gasteiger partial charge in [0.2, 0.25) is 5.91 Å². The normalized spacial score (nSPS) is 13.9. The van der Waals surface area contributed by atoms with Crippen molar-refractivity contribution < 1.29 is 19.1 Å². The van der Waals surface area contributed by atoms with Gasteiger partial charge in [-0.3, -0.25) is 14.6 Å². The maximum atomic E-state index is 12.4. The largest absolute Gasteiger partial charge is 0.497 e. The highest BCUT2D eigenvalue weighted by molar-refractivity contribution is 5.92. The van der Waals surface area contributed by atoms with Crippen LogP contribution in [-0.4, -0.2) is 71.5 Å². The summed E-state index contributed by atoms with van der Waals surface area (Å²) in [5.74, 6) is 1.47. The van der Waals surface area contributed by atoms with Gasteiger partial charge in [-0.05, 0) is 30.7 Å². The highest BCUT2D eigenvalue weighted by atomic mass is 16.5. The molecule has 148 valence electrons. The lowest BCUT2D eigenvalue weighted by Gasteiger charge is -2.34. The fourth-order valence-corrected chi connectivity index (χ4v) is 2.97. The van der Waals surface area contributed by atoms with Crippen LogP contribution in [0.5, 0.6) is 11.5 Å². The number of methoxy groups -OCH3 is 1. The van der Waals surface area contributed by atoms with E-state index in [0.29, 0.717) is 51.3 Å². The van der Waals surface area contributed by atoms with Crippen LogP contribution in [-0.2, 0) is 4.79 Å². The van der Waals surface area contributed by atoms with E-state index in [0.717, 1.165) is 11.5 Å².